The van der Waals surface area contributed by atoms with Crippen molar-refractivity contribution in [1.82, 2.24) is 0 Å². The number of ether oxygens (including phenoxy) is 1. The Hall–Kier alpha value is -2.64. The first kappa shape index (κ1) is 19.7. The molecule has 5 nitrogen and oxygen atoms in total. The Balaban J connectivity index is 1.75. The molecule has 0 atom stereocenters. The molecule has 3 aromatic rings. The summed E-state index contributed by atoms with van der Waals surface area (Å²) in [6.07, 6.45) is 3.54. The van der Waals surface area contributed by atoms with Gasteiger partial charge in [0.2, 0.25) is 9.84 Å². The minimum atomic E-state index is -3.73. The topological polar surface area (TPSA) is 72.5 Å². The molecule has 0 radical (unpaired) electrons. The summed E-state index contributed by atoms with van der Waals surface area (Å²) in [6.45, 7) is 0. The normalized spacial score (nSPS) is 13.6. The van der Waals surface area contributed by atoms with Crippen LogP contribution in [0, 0.1) is 0 Å². The number of anilines is 1. The molecule has 1 aliphatic rings. The van der Waals surface area contributed by atoms with Crippen LogP contribution in [0.5, 0.6) is 5.75 Å². The first-order chi connectivity index (χ1) is 14.0. The Morgan fingerprint density at radius 2 is 1.69 bits per heavy atom. The van der Waals surface area contributed by atoms with E-state index in [4.69, 9.17) is 4.74 Å². The van der Waals surface area contributed by atoms with Crippen LogP contribution in [0.25, 0.3) is 0 Å². The van der Waals surface area contributed by atoms with Crippen LogP contribution >= 0.6 is 11.3 Å². The molecule has 0 aliphatic heterocycles. The molecule has 29 heavy (non-hydrogen) atoms. The molecule has 4 rings (SSSR count). The summed E-state index contributed by atoms with van der Waals surface area (Å²) in [7, 11) is -2.17. The maximum atomic E-state index is 13.4. The Kier molecular flexibility index (Phi) is 5.43. The molecule has 0 unspecified atom stereocenters. The van der Waals surface area contributed by atoms with E-state index in [1.807, 2.05) is 0 Å². The van der Waals surface area contributed by atoms with E-state index in [1.54, 1.807) is 61.7 Å². The molecule has 0 bridgehead atoms. The average Bonchev–Trinajstić information content (AvgIpc) is 3.13. The minimum absolute atomic E-state index is 0.242. The van der Waals surface area contributed by atoms with Gasteiger partial charge in [0, 0.05) is 10.4 Å². The van der Waals surface area contributed by atoms with Crippen LogP contribution in [0.4, 0.5) is 5.00 Å². The van der Waals surface area contributed by atoms with Crippen LogP contribution in [0.3, 0.4) is 0 Å². The lowest BCUT2D eigenvalue weighted by Crippen LogP contribution is -2.14. The zero-order chi connectivity index (χ0) is 20.4. The van der Waals surface area contributed by atoms with Crippen molar-refractivity contribution in [3.63, 3.8) is 0 Å². The molecule has 1 amide bonds. The fourth-order valence-corrected chi connectivity index (χ4v) is 6.83. The fourth-order valence-electron chi connectivity index (χ4n) is 3.54. The van der Waals surface area contributed by atoms with Gasteiger partial charge in [-0.1, -0.05) is 18.2 Å². The van der Waals surface area contributed by atoms with Crippen LogP contribution in [-0.2, 0) is 22.7 Å². The lowest BCUT2D eigenvalue weighted by molar-refractivity contribution is 0.102. The predicted molar refractivity (Wildman–Crippen MR) is 114 cm³/mol. The fraction of sp³-hybridized carbons (Fsp3) is 0.227. The molecule has 1 heterocycles. The van der Waals surface area contributed by atoms with Crippen LogP contribution in [0.15, 0.2) is 64.4 Å². The maximum absolute atomic E-state index is 13.4. The Labute approximate surface area is 174 Å². The molecule has 0 saturated heterocycles. The van der Waals surface area contributed by atoms with Gasteiger partial charge >= 0.3 is 0 Å². The number of fused-ring (bicyclic) bond motifs is 1. The molecule has 2 aromatic carbocycles. The maximum Gasteiger partial charge on any atom is 0.256 e. The van der Waals surface area contributed by atoms with Gasteiger partial charge in [0.1, 0.15) is 15.6 Å². The van der Waals surface area contributed by atoms with E-state index in [0.717, 1.165) is 29.7 Å². The summed E-state index contributed by atoms with van der Waals surface area (Å²) in [4.78, 5) is 14.4. The van der Waals surface area contributed by atoms with Gasteiger partial charge in [0.05, 0.1) is 12.0 Å². The van der Waals surface area contributed by atoms with Gasteiger partial charge in [-0.15, -0.1) is 11.3 Å². The second kappa shape index (κ2) is 8.00. The molecule has 1 aliphatic carbocycles. The van der Waals surface area contributed by atoms with Crippen molar-refractivity contribution >= 4 is 32.1 Å². The highest BCUT2D eigenvalue weighted by molar-refractivity contribution is 7.92. The Bertz CT molecular complexity index is 1130. The van der Waals surface area contributed by atoms with E-state index in [-0.39, 0.29) is 15.7 Å². The van der Waals surface area contributed by atoms with Crippen molar-refractivity contribution in [2.24, 2.45) is 0 Å². The zero-order valence-corrected chi connectivity index (χ0v) is 17.6. The number of hydrogen-bond acceptors (Lipinski definition) is 5. The number of sulfone groups is 1. The first-order valence-corrected chi connectivity index (χ1v) is 11.7. The standard InChI is InChI=1S/C22H21NO4S2/c1-27-16-13-11-15(12-14-16)21(24)23-22-20(18-9-5-6-10-19(18)28-22)29(25,26)17-7-3-2-4-8-17/h2-4,7-8,11-14H,5-6,9-10H2,1H3,(H,23,24). The molecule has 0 fully saturated rings. The smallest absolute Gasteiger partial charge is 0.256 e. The van der Waals surface area contributed by atoms with Crippen molar-refractivity contribution < 1.29 is 17.9 Å². The predicted octanol–water partition coefficient (Wildman–Crippen LogP) is 4.72. The Morgan fingerprint density at radius 3 is 2.38 bits per heavy atom. The largest absolute Gasteiger partial charge is 0.497 e. The summed E-state index contributed by atoms with van der Waals surface area (Å²) < 4.78 is 32.0. The third-order valence-corrected chi connectivity index (χ3v) is 8.24. The molecule has 0 spiro atoms. The number of nitrogens with one attached hydrogen (secondary N) is 1. The minimum Gasteiger partial charge on any atom is -0.497 e. The number of benzene rings is 2. The number of thiophene rings is 1. The monoisotopic (exact) mass is 427 g/mol. The first-order valence-electron chi connectivity index (χ1n) is 9.41. The molecule has 150 valence electrons. The summed E-state index contributed by atoms with van der Waals surface area (Å²) in [5, 5.41) is 3.26. The third kappa shape index (κ3) is 3.80. The number of carbonyl (C=O) groups excluding carboxylic acids is 1. The quantitative estimate of drug-likeness (QED) is 0.639. The number of methoxy groups -OCH3 is 1. The van der Waals surface area contributed by atoms with Crippen LogP contribution in [0.2, 0.25) is 0 Å². The van der Waals surface area contributed by atoms with E-state index in [1.165, 1.54) is 11.3 Å². The average molecular weight is 428 g/mol. The van der Waals surface area contributed by atoms with Gasteiger partial charge in [-0.3, -0.25) is 4.79 Å². The van der Waals surface area contributed by atoms with Crippen LogP contribution in [-0.4, -0.2) is 21.4 Å². The summed E-state index contributed by atoms with van der Waals surface area (Å²) >= 11 is 1.38. The highest BCUT2D eigenvalue weighted by Gasteiger charge is 2.31. The second-order valence-corrected chi connectivity index (χ2v) is 9.86. The van der Waals surface area contributed by atoms with Crippen LogP contribution < -0.4 is 10.1 Å². The van der Waals surface area contributed by atoms with Gasteiger partial charge in [0.25, 0.3) is 5.91 Å². The molecule has 1 N–H and O–H groups in total. The van der Waals surface area contributed by atoms with E-state index in [0.29, 0.717) is 22.7 Å². The van der Waals surface area contributed by atoms with Gasteiger partial charge in [-0.2, -0.15) is 0 Å². The third-order valence-electron chi connectivity index (χ3n) is 5.02. The summed E-state index contributed by atoms with van der Waals surface area (Å²) in [5.74, 6) is 0.316. The van der Waals surface area contributed by atoms with Crippen molar-refractivity contribution in [2.75, 3.05) is 12.4 Å². The molecule has 1 aromatic heterocycles. The highest BCUT2D eigenvalue weighted by atomic mass is 32.2. The zero-order valence-electron chi connectivity index (χ0n) is 16.0. The highest BCUT2D eigenvalue weighted by Crippen LogP contribution is 2.43. The van der Waals surface area contributed by atoms with Gasteiger partial charge < -0.3 is 10.1 Å². The van der Waals surface area contributed by atoms with Gasteiger partial charge in [-0.25, -0.2) is 8.42 Å². The summed E-state index contributed by atoms with van der Waals surface area (Å²) in [5.41, 5.74) is 1.30. The Morgan fingerprint density at radius 1 is 1.00 bits per heavy atom. The SMILES string of the molecule is COc1ccc(C(=O)Nc2sc3c(c2S(=O)(=O)c2ccccc2)CCCC3)cc1. The second-order valence-electron chi connectivity index (χ2n) is 6.87. The van der Waals surface area contributed by atoms with Gasteiger partial charge in [0.15, 0.2) is 0 Å². The lowest BCUT2D eigenvalue weighted by Gasteiger charge is -2.14. The van der Waals surface area contributed by atoms with E-state index in [2.05, 4.69) is 5.32 Å². The van der Waals surface area contributed by atoms with Crippen molar-refractivity contribution in [2.45, 2.75) is 35.5 Å². The van der Waals surface area contributed by atoms with Gasteiger partial charge in [-0.05, 0) is 67.6 Å². The molecule has 7 heteroatoms. The number of amides is 1. The molecular formula is C22H21NO4S2. The van der Waals surface area contributed by atoms with E-state index in [9.17, 15) is 13.2 Å². The number of aryl methyl sites for hydroxylation is 1. The summed E-state index contributed by atoms with van der Waals surface area (Å²) in [6, 6.07) is 15.1. The number of hydrogen-bond donors (Lipinski definition) is 1. The van der Waals surface area contributed by atoms with Crippen molar-refractivity contribution in [1.29, 1.82) is 0 Å². The van der Waals surface area contributed by atoms with Crippen LogP contribution in [0.1, 0.15) is 33.6 Å². The molecular weight excluding hydrogens is 406 g/mol. The van der Waals surface area contributed by atoms with E-state index < -0.39 is 9.84 Å². The lowest BCUT2D eigenvalue weighted by atomic mass is 9.99. The molecule has 0 saturated carbocycles. The van der Waals surface area contributed by atoms with Crippen molar-refractivity contribution in [3.05, 3.63) is 70.6 Å². The number of carbonyl (C=O) groups is 1. The van der Waals surface area contributed by atoms with Crippen molar-refractivity contribution in [3.8, 4) is 5.75 Å². The van der Waals surface area contributed by atoms with E-state index >= 15 is 0 Å². The number of rotatable bonds is 5.